The van der Waals surface area contributed by atoms with Gasteiger partial charge in [0.05, 0.1) is 0 Å². The number of carbonyl (C=O) groups is 1. The number of rotatable bonds is 2. The lowest BCUT2D eigenvalue weighted by atomic mass is 10.1. The third kappa shape index (κ3) is 2.05. The molecule has 0 spiro atoms. The third-order valence-corrected chi connectivity index (χ3v) is 2.93. The summed E-state index contributed by atoms with van der Waals surface area (Å²) in [5.74, 6) is -0.0290. The molecule has 2 heterocycles. The van der Waals surface area contributed by atoms with Gasteiger partial charge in [0.25, 0.3) is 5.91 Å². The van der Waals surface area contributed by atoms with Crippen molar-refractivity contribution in [3.63, 3.8) is 0 Å². The Hall–Kier alpha value is -1.07. The van der Waals surface area contributed by atoms with Crippen LogP contribution in [0.25, 0.3) is 0 Å². The van der Waals surface area contributed by atoms with Crippen LogP contribution >= 0.6 is 12.4 Å². The van der Waals surface area contributed by atoms with Gasteiger partial charge in [0, 0.05) is 36.8 Å². The van der Waals surface area contributed by atoms with Gasteiger partial charge in [-0.1, -0.05) is 0 Å². The van der Waals surface area contributed by atoms with Gasteiger partial charge in [-0.25, -0.2) is 0 Å². The van der Waals surface area contributed by atoms with Crippen LogP contribution in [0.4, 0.5) is 0 Å². The maximum Gasteiger partial charge on any atom is 0.272 e. The molecule has 1 amide bonds. The van der Waals surface area contributed by atoms with Crippen molar-refractivity contribution >= 4 is 18.3 Å². The van der Waals surface area contributed by atoms with Gasteiger partial charge >= 0.3 is 0 Å². The number of aromatic nitrogens is 2. The van der Waals surface area contributed by atoms with Crippen LogP contribution in [-0.4, -0.2) is 28.7 Å². The minimum Gasteiger partial charge on any atom is -0.348 e. The fourth-order valence-corrected chi connectivity index (χ4v) is 1.89. The van der Waals surface area contributed by atoms with Crippen LogP contribution < -0.4 is 10.6 Å². The number of amides is 1. The predicted octanol–water partition coefficient (Wildman–Crippen LogP) is 0.369. The first-order valence-electron chi connectivity index (χ1n) is 5.42. The predicted molar refractivity (Wildman–Crippen MR) is 61.7 cm³/mol. The molecule has 1 aromatic rings. The van der Waals surface area contributed by atoms with E-state index in [9.17, 15) is 4.79 Å². The SMILES string of the molecule is Cl.O=C(NC1CC1)c1n[nH]c2c1CNCC2. The molecule has 16 heavy (non-hydrogen) atoms. The molecule has 0 atom stereocenters. The lowest BCUT2D eigenvalue weighted by molar-refractivity contribution is 0.0945. The third-order valence-electron chi connectivity index (χ3n) is 2.93. The number of halogens is 1. The van der Waals surface area contributed by atoms with Crippen LogP contribution in [0.5, 0.6) is 0 Å². The summed E-state index contributed by atoms with van der Waals surface area (Å²) < 4.78 is 0. The number of H-pyrrole nitrogens is 1. The summed E-state index contributed by atoms with van der Waals surface area (Å²) in [6.07, 6.45) is 3.15. The molecule has 0 aromatic carbocycles. The Balaban J connectivity index is 0.000000963. The van der Waals surface area contributed by atoms with E-state index in [4.69, 9.17) is 0 Å². The number of hydrogen-bond acceptors (Lipinski definition) is 3. The van der Waals surface area contributed by atoms with Crippen molar-refractivity contribution in [2.75, 3.05) is 6.54 Å². The number of fused-ring (bicyclic) bond motifs is 1. The first-order valence-corrected chi connectivity index (χ1v) is 5.42. The molecular formula is C10H15ClN4O. The molecule has 88 valence electrons. The molecule has 3 rings (SSSR count). The Kier molecular flexibility index (Phi) is 3.16. The zero-order chi connectivity index (χ0) is 10.3. The number of nitrogens with zero attached hydrogens (tertiary/aromatic N) is 1. The molecule has 1 saturated carbocycles. The molecule has 1 aliphatic carbocycles. The van der Waals surface area contributed by atoms with E-state index < -0.39 is 0 Å². The van der Waals surface area contributed by atoms with Gasteiger partial charge < -0.3 is 10.6 Å². The Morgan fingerprint density at radius 1 is 1.44 bits per heavy atom. The summed E-state index contributed by atoms with van der Waals surface area (Å²) in [6.45, 7) is 1.71. The topological polar surface area (TPSA) is 69.8 Å². The van der Waals surface area contributed by atoms with E-state index in [0.29, 0.717) is 11.7 Å². The average molecular weight is 243 g/mol. The summed E-state index contributed by atoms with van der Waals surface area (Å²) in [5.41, 5.74) is 2.72. The second-order valence-electron chi connectivity index (χ2n) is 4.20. The van der Waals surface area contributed by atoms with E-state index in [0.717, 1.165) is 43.6 Å². The Labute approximate surface area is 99.8 Å². The van der Waals surface area contributed by atoms with Gasteiger partial charge in [0.1, 0.15) is 0 Å². The van der Waals surface area contributed by atoms with Crippen molar-refractivity contribution in [2.45, 2.75) is 31.8 Å². The molecule has 0 radical (unpaired) electrons. The minimum atomic E-state index is -0.0290. The van der Waals surface area contributed by atoms with Crippen LogP contribution in [0.2, 0.25) is 0 Å². The van der Waals surface area contributed by atoms with E-state index in [1.54, 1.807) is 0 Å². The molecule has 5 nitrogen and oxygen atoms in total. The summed E-state index contributed by atoms with van der Waals surface area (Å²) in [4.78, 5) is 11.8. The molecule has 2 aliphatic rings. The zero-order valence-corrected chi connectivity index (χ0v) is 9.69. The van der Waals surface area contributed by atoms with Crippen LogP contribution in [0.3, 0.4) is 0 Å². The molecular weight excluding hydrogens is 228 g/mol. The van der Waals surface area contributed by atoms with Crippen LogP contribution in [0.15, 0.2) is 0 Å². The van der Waals surface area contributed by atoms with Crippen molar-refractivity contribution in [2.24, 2.45) is 0 Å². The van der Waals surface area contributed by atoms with Gasteiger partial charge in [0.15, 0.2) is 5.69 Å². The number of aromatic amines is 1. The summed E-state index contributed by atoms with van der Waals surface area (Å²) in [6, 6.07) is 0.390. The van der Waals surface area contributed by atoms with E-state index in [1.807, 2.05) is 0 Å². The fourth-order valence-electron chi connectivity index (χ4n) is 1.89. The highest BCUT2D eigenvalue weighted by molar-refractivity contribution is 5.94. The van der Waals surface area contributed by atoms with Crippen LogP contribution in [-0.2, 0) is 13.0 Å². The van der Waals surface area contributed by atoms with Crippen molar-refractivity contribution in [1.29, 1.82) is 0 Å². The molecule has 0 saturated heterocycles. The maximum atomic E-state index is 11.8. The standard InChI is InChI=1S/C10H14N4O.ClH/c15-10(12-6-1-2-6)9-7-5-11-4-3-8(7)13-14-9;/h6,11H,1-5H2,(H,12,15)(H,13,14);1H. The zero-order valence-electron chi connectivity index (χ0n) is 8.88. The van der Waals surface area contributed by atoms with Crippen molar-refractivity contribution in [3.8, 4) is 0 Å². The summed E-state index contributed by atoms with van der Waals surface area (Å²) in [7, 11) is 0. The van der Waals surface area contributed by atoms with Crippen molar-refractivity contribution in [3.05, 3.63) is 17.0 Å². The van der Waals surface area contributed by atoms with Gasteiger partial charge in [-0.05, 0) is 12.8 Å². The Morgan fingerprint density at radius 3 is 3.00 bits per heavy atom. The average Bonchev–Trinajstić information content (AvgIpc) is 2.96. The Bertz CT molecular complexity index is 400. The lowest BCUT2D eigenvalue weighted by Crippen LogP contribution is -2.29. The fraction of sp³-hybridized carbons (Fsp3) is 0.600. The molecule has 6 heteroatoms. The highest BCUT2D eigenvalue weighted by Gasteiger charge is 2.27. The van der Waals surface area contributed by atoms with E-state index in [-0.39, 0.29) is 18.3 Å². The van der Waals surface area contributed by atoms with E-state index in [2.05, 4.69) is 20.8 Å². The van der Waals surface area contributed by atoms with Gasteiger partial charge in [0.2, 0.25) is 0 Å². The molecule has 0 bridgehead atoms. The highest BCUT2D eigenvalue weighted by atomic mass is 35.5. The first-order chi connectivity index (χ1) is 7.34. The van der Waals surface area contributed by atoms with Gasteiger partial charge in [-0.3, -0.25) is 9.89 Å². The molecule has 3 N–H and O–H groups in total. The van der Waals surface area contributed by atoms with Gasteiger partial charge in [-0.15, -0.1) is 12.4 Å². The minimum absolute atomic E-state index is 0. The summed E-state index contributed by atoms with van der Waals surface area (Å²) in [5, 5.41) is 13.3. The lowest BCUT2D eigenvalue weighted by Gasteiger charge is -2.12. The highest BCUT2D eigenvalue weighted by Crippen LogP contribution is 2.21. The van der Waals surface area contributed by atoms with Crippen molar-refractivity contribution < 1.29 is 4.79 Å². The number of hydrogen-bond donors (Lipinski definition) is 3. The molecule has 1 aliphatic heterocycles. The smallest absolute Gasteiger partial charge is 0.272 e. The largest absolute Gasteiger partial charge is 0.348 e. The summed E-state index contributed by atoms with van der Waals surface area (Å²) >= 11 is 0. The van der Waals surface area contributed by atoms with Crippen LogP contribution in [0.1, 0.15) is 34.6 Å². The monoisotopic (exact) mass is 242 g/mol. The van der Waals surface area contributed by atoms with E-state index >= 15 is 0 Å². The maximum absolute atomic E-state index is 11.8. The number of carbonyl (C=O) groups excluding carboxylic acids is 1. The second kappa shape index (κ2) is 4.43. The number of nitrogens with one attached hydrogen (secondary N) is 3. The Morgan fingerprint density at radius 2 is 2.25 bits per heavy atom. The molecule has 1 aromatic heterocycles. The van der Waals surface area contributed by atoms with Crippen LogP contribution in [0, 0.1) is 0 Å². The first kappa shape index (κ1) is 11.4. The molecule has 0 unspecified atom stereocenters. The quantitative estimate of drug-likeness (QED) is 0.702. The van der Waals surface area contributed by atoms with Gasteiger partial charge in [-0.2, -0.15) is 5.10 Å². The molecule has 1 fully saturated rings. The van der Waals surface area contributed by atoms with E-state index in [1.165, 1.54) is 0 Å². The second-order valence-corrected chi connectivity index (χ2v) is 4.20. The van der Waals surface area contributed by atoms with Crippen molar-refractivity contribution in [1.82, 2.24) is 20.8 Å². The normalized spacial score (nSPS) is 18.5.